The second-order valence-electron chi connectivity index (χ2n) is 3.41. The van der Waals surface area contributed by atoms with Gasteiger partial charge in [0.15, 0.2) is 0 Å². The van der Waals surface area contributed by atoms with Crippen LogP contribution in [-0.4, -0.2) is 13.3 Å². The Morgan fingerprint density at radius 3 is 2.61 bits per heavy atom. The Hall–Kier alpha value is -1.22. The topological polar surface area (TPSA) is 21.6 Å². The van der Waals surface area contributed by atoms with Crippen molar-refractivity contribution in [2.24, 2.45) is 4.99 Å². The minimum Gasteiger partial charge on any atom is -0.496 e. The lowest BCUT2D eigenvalue weighted by molar-refractivity contribution is 0.410. The summed E-state index contributed by atoms with van der Waals surface area (Å²) in [5.41, 5.74) is 2.07. The van der Waals surface area contributed by atoms with E-state index in [0.29, 0.717) is 0 Å². The first-order valence-corrected chi connectivity index (χ1v) is 6.70. The Balaban J connectivity index is 0.00000137. The highest BCUT2D eigenvalue weighted by atomic mass is 32.1. The summed E-state index contributed by atoms with van der Waals surface area (Å²) >= 11 is 4.43. The molecule has 2 nitrogen and oxygen atoms in total. The highest BCUT2D eigenvalue weighted by molar-refractivity contribution is 7.90. The summed E-state index contributed by atoms with van der Waals surface area (Å²) < 4.78 is 5.36. The van der Waals surface area contributed by atoms with Crippen LogP contribution in [0.2, 0.25) is 0 Å². The zero-order chi connectivity index (χ0) is 14.0. The Labute approximate surface area is 116 Å². The van der Waals surface area contributed by atoms with E-state index in [2.05, 4.69) is 17.6 Å². The van der Waals surface area contributed by atoms with Crippen molar-refractivity contribution in [3.8, 4) is 5.75 Å². The Morgan fingerprint density at radius 1 is 1.39 bits per heavy atom. The van der Waals surface area contributed by atoms with Crippen molar-refractivity contribution in [1.29, 1.82) is 0 Å². The smallest absolute Gasteiger partial charge is 0.130 e. The maximum absolute atomic E-state index is 5.36. The van der Waals surface area contributed by atoms with Crippen molar-refractivity contribution in [3.63, 3.8) is 0 Å². The number of benzene rings is 1. The predicted octanol–water partition coefficient (Wildman–Crippen LogP) is 4.74. The van der Waals surface area contributed by atoms with Crippen LogP contribution in [0, 0.1) is 6.92 Å². The fraction of sp³-hybridized carbons (Fsp3) is 0.400. The molecule has 0 unspecified atom stereocenters. The Bertz CT molecular complexity index is 411. The van der Waals surface area contributed by atoms with Crippen molar-refractivity contribution in [2.75, 3.05) is 7.11 Å². The normalized spacial score (nSPS) is 11.1. The molecular weight excluding hydrogens is 242 g/mol. The molecule has 100 valence electrons. The number of aryl methyl sites for hydroxylation is 1. The van der Waals surface area contributed by atoms with E-state index in [1.54, 1.807) is 13.3 Å². The highest BCUT2D eigenvalue weighted by Gasteiger charge is 2.07. The minimum atomic E-state index is 0.810. The highest BCUT2D eigenvalue weighted by Crippen LogP contribution is 2.31. The van der Waals surface area contributed by atoms with E-state index < -0.39 is 0 Å². The number of para-hydroxylation sites is 1. The number of nitrogens with zero attached hydrogens (tertiary/aromatic N) is 1. The molecule has 0 fully saturated rings. The van der Waals surface area contributed by atoms with Crippen LogP contribution < -0.4 is 4.74 Å². The molecule has 0 aliphatic heterocycles. The van der Waals surface area contributed by atoms with Crippen molar-refractivity contribution >= 4 is 23.7 Å². The molecule has 0 saturated heterocycles. The third-order valence-electron chi connectivity index (χ3n) is 2.18. The van der Waals surface area contributed by atoms with E-state index in [0.717, 1.165) is 28.2 Å². The molecule has 1 aromatic rings. The summed E-state index contributed by atoms with van der Waals surface area (Å²) in [4.78, 5) is 4.96. The van der Waals surface area contributed by atoms with Gasteiger partial charge in [-0.25, -0.2) is 0 Å². The summed E-state index contributed by atoms with van der Waals surface area (Å²) in [7, 11) is 1.67. The first-order chi connectivity index (χ1) is 8.70. The lowest BCUT2D eigenvalue weighted by Crippen LogP contribution is -1.91. The van der Waals surface area contributed by atoms with Crippen LogP contribution in [0.3, 0.4) is 0 Å². The van der Waals surface area contributed by atoms with Gasteiger partial charge < -0.3 is 4.74 Å². The standard InChI is InChI=1S/C13H17NOS.C2H6/c1-4-8-14-9-12(16)11-7-5-6-10(2)13(11)15-3;1-2/h5-9,16H,4H2,1-3H3;1-2H3/b12-9-,14-8?;. The minimum absolute atomic E-state index is 0.810. The number of hydrogen-bond acceptors (Lipinski definition) is 3. The molecule has 0 amide bonds. The first kappa shape index (κ1) is 16.8. The van der Waals surface area contributed by atoms with Crippen LogP contribution in [0.5, 0.6) is 5.75 Å². The molecule has 0 N–H and O–H groups in total. The van der Waals surface area contributed by atoms with E-state index in [4.69, 9.17) is 4.74 Å². The molecule has 0 aliphatic carbocycles. The van der Waals surface area contributed by atoms with Gasteiger partial charge in [0.1, 0.15) is 5.75 Å². The molecular formula is C15H23NOS. The number of hydrogen-bond donors (Lipinski definition) is 1. The molecule has 0 aromatic heterocycles. The molecule has 0 bridgehead atoms. The van der Waals surface area contributed by atoms with Crippen molar-refractivity contribution < 1.29 is 4.74 Å². The summed E-state index contributed by atoms with van der Waals surface area (Å²) in [5, 5.41) is 0. The summed E-state index contributed by atoms with van der Waals surface area (Å²) in [5.74, 6) is 0.857. The fourth-order valence-electron chi connectivity index (χ4n) is 1.42. The number of rotatable bonds is 4. The quantitative estimate of drug-likeness (QED) is 0.616. The number of aliphatic imine (C=N–C) groups is 1. The summed E-state index contributed by atoms with van der Waals surface area (Å²) in [6, 6.07) is 5.98. The second kappa shape index (κ2) is 9.77. The van der Waals surface area contributed by atoms with Gasteiger partial charge in [-0.1, -0.05) is 39.0 Å². The van der Waals surface area contributed by atoms with Gasteiger partial charge in [-0.15, -0.1) is 12.6 Å². The van der Waals surface area contributed by atoms with Crippen molar-refractivity contribution in [3.05, 3.63) is 35.5 Å². The largest absolute Gasteiger partial charge is 0.496 e. The van der Waals surface area contributed by atoms with Gasteiger partial charge in [0.05, 0.1) is 7.11 Å². The zero-order valence-corrected chi connectivity index (χ0v) is 12.8. The molecule has 0 radical (unpaired) electrons. The summed E-state index contributed by atoms with van der Waals surface area (Å²) in [6.45, 7) is 8.06. The number of ether oxygens (including phenoxy) is 1. The molecule has 1 rings (SSSR count). The van der Waals surface area contributed by atoms with Crippen LogP contribution in [0.4, 0.5) is 0 Å². The number of thiol groups is 1. The SMILES string of the molecule is CC.CCC=N/C=C(\S)c1cccc(C)c1OC. The zero-order valence-electron chi connectivity index (χ0n) is 11.9. The van der Waals surface area contributed by atoms with E-state index in [1.165, 1.54) is 0 Å². The Kier molecular flexibility index (Phi) is 9.11. The van der Waals surface area contributed by atoms with E-state index in [9.17, 15) is 0 Å². The van der Waals surface area contributed by atoms with Gasteiger partial charge in [-0.2, -0.15) is 0 Å². The molecule has 0 heterocycles. The van der Waals surface area contributed by atoms with E-state index in [1.807, 2.05) is 52.1 Å². The van der Waals surface area contributed by atoms with Gasteiger partial charge in [0.25, 0.3) is 0 Å². The monoisotopic (exact) mass is 265 g/mol. The van der Waals surface area contributed by atoms with E-state index in [-0.39, 0.29) is 0 Å². The van der Waals surface area contributed by atoms with Gasteiger partial charge in [-0.05, 0) is 18.9 Å². The average Bonchev–Trinajstić information content (AvgIpc) is 2.41. The lowest BCUT2D eigenvalue weighted by atomic mass is 10.1. The molecule has 3 heteroatoms. The molecule has 0 aliphatic rings. The maximum Gasteiger partial charge on any atom is 0.130 e. The fourth-order valence-corrected chi connectivity index (χ4v) is 1.67. The van der Waals surface area contributed by atoms with Gasteiger partial charge in [0.2, 0.25) is 0 Å². The lowest BCUT2D eigenvalue weighted by Gasteiger charge is -2.10. The van der Waals surface area contributed by atoms with Crippen molar-refractivity contribution in [2.45, 2.75) is 34.1 Å². The maximum atomic E-state index is 5.36. The molecule has 18 heavy (non-hydrogen) atoms. The van der Waals surface area contributed by atoms with Crippen LogP contribution in [0.15, 0.2) is 29.4 Å². The third kappa shape index (κ3) is 4.96. The van der Waals surface area contributed by atoms with Crippen LogP contribution in [0.25, 0.3) is 4.91 Å². The van der Waals surface area contributed by atoms with Crippen molar-refractivity contribution in [1.82, 2.24) is 0 Å². The van der Waals surface area contributed by atoms with Gasteiger partial charge in [0, 0.05) is 22.9 Å². The Morgan fingerprint density at radius 2 is 2.06 bits per heavy atom. The van der Waals surface area contributed by atoms with Crippen LogP contribution >= 0.6 is 12.6 Å². The van der Waals surface area contributed by atoms with Crippen LogP contribution in [0.1, 0.15) is 38.3 Å². The summed E-state index contributed by atoms with van der Waals surface area (Å²) in [6.07, 6.45) is 4.50. The second-order valence-corrected chi connectivity index (χ2v) is 3.89. The number of methoxy groups -OCH3 is 1. The first-order valence-electron chi connectivity index (χ1n) is 6.25. The predicted molar refractivity (Wildman–Crippen MR) is 84.8 cm³/mol. The van der Waals surface area contributed by atoms with E-state index >= 15 is 0 Å². The molecule has 0 saturated carbocycles. The van der Waals surface area contributed by atoms with Gasteiger partial charge in [-0.3, -0.25) is 4.99 Å². The molecule has 1 aromatic carbocycles. The van der Waals surface area contributed by atoms with Gasteiger partial charge >= 0.3 is 0 Å². The third-order valence-corrected chi connectivity index (χ3v) is 2.53. The average molecular weight is 265 g/mol. The molecule has 0 atom stereocenters. The molecule has 0 spiro atoms. The van der Waals surface area contributed by atoms with Crippen LogP contribution in [-0.2, 0) is 0 Å².